The fourth-order valence-corrected chi connectivity index (χ4v) is 4.60. The van der Waals surface area contributed by atoms with Gasteiger partial charge in [-0.25, -0.2) is 0 Å². The van der Waals surface area contributed by atoms with Gasteiger partial charge < -0.3 is 20.3 Å². The van der Waals surface area contributed by atoms with E-state index in [1.807, 2.05) is 4.90 Å². The Labute approximate surface area is 171 Å². The monoisotopic (exact) mass is 409 g/mol. The molecule has 154 valence electrons. The van der Waals surface area contributed by atoms with Crippen molar-refractivity contribution in [1.29, 1.82) is 0 Å². The van der Waals surface area contributed by atoms with Crippen molar-refractivity contribution in [3.8, 4) is 0 Å². The highest BCUT2D eigenvalue weighted by Crippen LogP contribution is 2.25. The predicted octanol–water partition coefficient (Wildman–Crippen LogP) is 2.70. The van der Waals surface area contributed by atoms with Gasteiger partial charge in [-0.3, -0.25) is 4.79 Å². The quantitative estimate of drug-likeness (QED) is 0.774. The van der Waals surface area contributed by atoms with Gasteiger partial charge in [0.1, 0.15) is 0 Å². The largest absolute Gasteiger partial charge is 0.381 e. The van der Waals surface area contributed by atoms with Crippen LogP contribution in [0.4, 0.5) is 0 Å². The zero-order valence-corrected chi connectivity index (χ0v) is 17.6. The molecule has 0 aromatic heterocycles. The van der Waals surface area contributed by atoms with Gasteiger partial charge in [-0.15, -0.1) is 24.8 Å². The summed E-state index contributed by atoms with van der Waals surface area (Å²) in [5.41, 5.74) is 6.30. The third kappa shape index (κ3) is 6.83. The molecule has 3 fully saturated rings. The van der Waals surface area contributed by atoms with Crippen LogP contribution in [0.15, 0.2) is 0 Å². The number of amides is 1. The predicted molar refractivity (Wildman–Crippen MR) is 110 cm³/mol. The normalized spacial score (nSPS) is 24.9. The Hall–Kier alpha value is -0.0700. The summed E-state index contributed by atoms with van der Waals surface area (Å²) in [7, 11) is 0. The fourth-order valence-electron chi connectivity index (χ4n) is 4.60. The van der Waals surface area contributed by atoms with E-state index in [4.69, 9.17) is 10.5 Å². The topological polar surface area (TPSA) is 58.8 Å². The maximum absolute atomic E-state index is 12.8. The summed E-state index contributed by atoms with van der Waals surface area (Å²) < 4.78 is 5.39. The van der Waals surface area contributed by atoms with Gasteiger partial charge in [0.05, 0.1) is 6.04 Å². The number of nitrogens with zero attached hydrogens (tertiary/aromatic N) is 2. The Balaban J connectivity index is 0.00000169. The zero-order chi connectivity index (χ0) is 16.8. The number of carbonyl (C=O) groups excluding carboxylic acids is 1. The molecule has 1 atom stereocenters. The number of ether oxygens (including phenoxy) is 1. The molecule has 3 rings (SSSR count). The molecule has 3 aliphatic rings. The van der Waals surface area contributed by atoms with E-state index in [9.17, 15) is 4.79 Å². The Kier molecular flexibility index (Phi) is 11.4. The first kappa shape index (κ1) is 24.0. The van der Waals surface area contributed by atoms with Gasteiger partial charge >= 0.3 is 0 Å². The van der Waals surface area contributed by atoms with E-state index < -0.39 is 0 Å². The number of hydrogen-bond acceptors (Lipinski definition) is 4. The summed E-state index contributed by atoms with van der Waals surface area (Å²) >= 11 is 0. The van der Waals surface area contributed by atoms with Crippen molar-refractivity contribution in [2.24, 2.45) is 17.6 Å². The molecule has 0 radical (unpaired) electrons. The van der Waals surface area contributed by atoms with Crippen LogP contribution in [-0.4, -0.2) is 67.7 Å². The molecular weight excluding hydrogens is 373 g/mol. The molecule has 0 aromatic rings. The van der Waals surface area contributed by atoms with E-state index in [1.165, 1.54) is 38.6 Å². The van der Waals surface area contributed by atoms with Crippen LogP contribution in [0.3, 0.4) is 0 Å². The molecule has 26 heavy (non-hydrogen) atoms. The highest BCUT2D eigenvalue weighted by Gasteiger charge is 2.31. The molecule has 5 nitrogen and oxygen atoms in total. The Morgan fingerprint density at radius 2 is 1.62 bits per heavy atom. The van der Waals surface area contributed by atoms with E-state index >= 15 is 0 Å². The summed E-state index contributed by atoms with van der Waals surface area (Å²) in [6, 6.07) is -0.334. The molecule has 7 heteroatoms. The molecule has 1 aliphatic carbocycles. The Morgan fingerprint density at radius 3 is 2.31 bits per heavy atom. The van der Waals surface area contributed by atoms with Crippen molar-refractivity contribution in [1.82, 2.24) is 9.80 Å². The standard InChI is InChI=1S/C19H35N3O2.2ClH/c20-18(17-7-13-24-14-8-17)19(23)22-10-4-9-21(11-12-22)15-16-5-2-1-3-6-16;;/h16-18H,1-15,20H2;2*1H. The highest BCUT2D eigenvalue weighted by atomic mass is 35.5. The number of nitrogens with two attached hydrogens (primary N) is 1. The zero-order valence-electron chi connectivity index (χ0n) is 15.9. The maximum atomic E-state index is 12.8. The van der Waals surface area contributed by atoms with E-state index in [2.05, 4.69) is 4.90 Å². The summed E-state index contributed by atoms with van der Waals surface area (Å²) in [5.74, 6) is 1.35. The van der Waals surface area contributed by atoms with Gasteiger partial charge in [-0.2, -0.15) is 0 Å². The molecule has 2 aliphatic heterocycles. The van der Waals surface area contributed by atoms with Crippen LogP contribution in [0.1, 0.15) is 51.4 Å². The second-order valence-corrected chi connectivity index (χ2v) is 7.96. The molecule has 0 aromatic carbocycles. The van der Waals surface area contributed by atoms with E-state index in [-0.39, 0.29) is 36.8 Å². The summed E-state index contributed by atoms with van der Waals surface area (Å²) in [6.07, 6.45) is 9.96. The minimum Gasteiger partial charge on any atom is -0.381 e. The third-order valence-corrected chi connectivity index (χ3v) is 6.20. The first-order valence-electron chi connectivity index (χ1n) is 10.1. The van der Waals surface area contributed by atoms with Crippen LogP contribution in [0.5, 0.6) is 0 Å². The maximum Gasteiger partial charge on any atom is 0.239 e. The van der Waals surface area contributed by atoms with Crippen molar-refractivity contribution in [2.45, 2.75) is 57.4 Å². The number of carbonyl (C=O) groups is 1. The van der Waals surface area contributed by atoms with Gasteiger partial charge in [-0.1, -0.05) is 19.3 Å². The van der Waals surface area contributed by atoms with Gasteiger partial charge in [0, 0.05) is 39.4 Å². The fraction of sp³-hybridized carbons (Fsp3) is 0.947. The van der Waals surface area contributed by atoms with Crippen molar-refractivity contribution >= 4 is 30.7 Å². The van der Waals surface area contributed by atoms with Gasteiger partial charge in [0.2, 0.25) is 5.91 Å². The lowest BCUT2D eigenvalue weighted by atomic mass is 9.89. The first-order chi connectivity index (χ1) is 11.7. The van der Waals surface area contributed by atoms with Gasteiger partial charge in [0.15, 0.2) is 0 Å². The average molecular weight is 410 g/mol. The number of halogens is 2. The van der Waals surface area contributed by atoms with Gasteiger partial charge in [-0.05, 0) is 50.5 Å². The lowest BCUT2D eigenvalue weighted by molar-refractivity contribution is -0.134. The number of rotatable bonds is 4. The van der Waals surface area contributed by atoms with Crippen LogP contribution in [0.2, 0.25) is 0 Å². The van der Waals surface area contributed by atoms with Crippen molar-refractivity contribution in [3.63, 3.8) is 0 Å². The van der Waals surface area contributed by atoms with Crippen LogP contribution < -0.4 is 5.73 Å². The lowest BCUT2D eigenvalue weighted by Gasteiger charge is -2.31. The average Bonchev–Trinajstić information content (AvgIpc) is 2.88. The second-order valence-electron chi connectivity index (χ2n) is 7.96. The molecule has 1 amide bonds. The van der Waals surface area contributed by atoms with Crippen LogP contribution >= 0.6 is 24.8 Å². The SMILES string of the molecule is Cl.Cl.NC(C(=O)N1CCCN(CC2CCCCC2)CC1)C1CCOCC1. The van der Waals surface area contributed by atoms with Crippen molar-refractivity contribution in [2.75, 3.05) is 45.9 Å². The van der Waals surface area contributed by atoms with E-state index in [0.717, 1.165) is 64.6 Å². The number of hydrogen-bond donors (Lipinski definition) is 1. The molecule has 0 spiro atoms. The summed E-state index contributed by atoms with van der Waals surface area (Å²) in [5, 5.41) is 0. The van der Waals surface area contributed by atoms with Crippen molar-refractivity contribution < 1.29 is 9.53 Å². The summed E-state index contributed by atoms with van der Waals surface area (Å²) in [4.78, 5) is 17.4. The minimum atomic E-state index is -0.334. The lowest BCUT2D eigenvalue weighted by Crippen LogP contribution is -2.50. The smallest absolute Gasteiger partial charge is 0.239 e. The second kappa shape index (κ2) is 12.4. The molecule has 2 N–H and O–H groups in total. The molecule has 1 unspecified atom stereocenters. The Bertz CT molecular complexity index is 402. The molecule has 1 saturated carbocycles. The summed E-state index contributed by atoms with van der Waals surface area (Å²) in [6.45, 7) is 6.60. The Morgan fingerprint density at radius 1 is 0.923 bits per heavy atom. The molecular formula is C19H37Cl2N3O2. The minimum absolute atomic E-state index is 0. The third-order valence-electron chi connectivity index (χ3n) is 6.20. The van der Waals surface area contributed by atoms with Crippen LogP contribution in [-0.2, 0) is 9.53 Å². The van der Waals surface area contributed by atoms with Crippen LogP contribution in [0, 0.1) is 11.8 Å². The van der Waals surface area contributed by atoms with E-state index in [1.54, 1.807) is 0 Å². The molecule has 2 saturated heterocycles. The van der Waals surface area contributed by atoms with E-state index in [0.29, 0.717) is 5.92 Å². The molecule has 2 heterocycles. The van der Waals surface area contributed by atoms with Gasteiger partial charge in [0.25, 0.3) is 0 Å². The van der Waals surface area contributed by atoms with Crippen LogP contribution in [0.25, 0.3) is 0 Å². The highest BCUT2D eigenvalue weighted by molar-refractivity contribution is 5.85. The molecule has 0 bridgehead atoms. The van der Waals surface area contributed by atoms with Crippen molar-refractivity contribution in [3.05, 3.63) is 0 Å². The first-order valence-corrected chi connectivity index (χ1v) is 10.1.